The number of alkyl carbamates (subject to hydrolysis) is 1. The summed E-state index contributed by atoms with van der Waals surface area (Å²) < 4.78 is 15.7. The number of carbonyl (C=O) groups is 2. The zero-order chi connectivity index (χ0) is 17.0. The molecule has 6 nitrogen and oxygen atoms in total. The summed E-state index contributed by atoms with van der Waals surface area (Å²) in [5.74, 6) is 0.453. The molecule has 2 atom stereocenters. The molecule has 0 aromatic carbocycles. The van der Waals surface area contributed by atoms with E-state index in [4.69, 9.17) is 13.9 Å². The Kier molecular flexibility index (Phi) is 5.46. The SMILES string of the molecule is COCCC(NC(=O)OC(C)(C)C)C1CCc2occc2C1=O. The highest BCUT2D eigenvalue weighted by Crippen LogP contribution is 2.29. The Morgan fingerprint density at radius 2 is 2.22 bits per heavy atom. The molecule has 128 valence electrons. The molecule has 1 amide bonds. The molecule has 23 heavy (non-hydrogen) atoms. The van der Waals surface area contributed by atoms with Crippen LogP contribution in [0.15, 0.2) is 16.7 Å². The van der Waals surface area contributed by atoms with Crippen molar-refractivity contribution in [3.05, 3.63) is 23.7 Å². The lowest BCUT2D eigenvalue weighted by atomic mass is 9.81. The smallest absolute Gasteiger partial charge is 0.407 e. The molecule has 2 rings (SSSR count). The van der Waals surface area contributed by atoms with Crippen LogP contribution in [0.5, 0.6) is 0 Å². The van der Waals surface area contributed by atoms with Gasteiger partial charge in [-0.05, 0) is 39.7 Å². The lowest BCUT2D eigenvalue weighted by Gasteiger charge is -2.30. The first-order valence-electron chi connectivity index (χ1n) is 7.91. The van der Waals surface area contributed by atoms with Gasteiger partial charge in [-0.15, -0.1) is 0 Å². The Morgan fingerprint density at radius 3 is 2.87 bits per heavy atom. The lowest BCUT2D eigenvalue weighted by molar-refractivity contribution is 0.0462. The highest BCUT2D eigenvalue weighted by atomic mass is 16.6. The summed E-state index contributed by atoms with van der Waals surface area (Å²) in [7, 11) is 1.60. The van der Waals surface area contributed by atoms with Crippen LogP contribution in [0.2, 0.25) is 0 Å². The number of methoxy groups -OCH3 is 1. The first kappa shape index (κ1) is 17.5. The van der Waals surface area contributed by atoms with Gasteiger partial charge in [-0.2, -0.15) is 0 Å². The summed E-state index contributed by atoms with van der Waals surface area (Å²) in [5.41, 5.74) is 0.0409. The Hall–Kier alpha value is -1.82. The van der Waals surface area contributed by atoms with Gasteiger partial charge in [-0.3, -0.25) is 4.79 Å². The average molecular weight is 323 g/mol. The number of ketones is 1. The van der Waals surface area contributed by atoms with Crippen molar-refractivity contribution >= 4 is 11.9 Å². The number of amides is 1. The minimum absolute atomic E-state index is 0.0113. The summed E-state index contributed by atoms with van der Waals surface area (Å²) in [6.07, 6.45) is 2.92. The molecule has 1 aromatic heterocycles. The first-order chi connectivity index (χ1) is 10.8. The Morgan fingerprint density at radius 1 is 1.48 bits per heavy atom. The van der Waals surface area contributed by atoms with E-state index < -0.39 is 11.7 Å². The minimum atomic E-state index is -0.579. The van der Waals surface area contributed by atoms with E-state index >= 15 is 0 Å². The van der Waals surface area contributed by atoms with Crippen LogP contribution in [0, 0.1) is 5.92 Å². The Balaban J connectivity index is 2.09. The zero-order valence-corrected chi connectivity index (χ0v) is 14.2. The second kappa shape index (κ2) is 7.17. The summed E-state index contributed by atoms with van der Waals surface area (Å²) >= 11 is 0. The van der Waals surface area contributed by atoms with E-state index in [0.717, 1.165) is 5.76 Å². The van der Waals surface area contributed by atoms with Crippen molar-refractivity contribution in [3.8, 4) is 0 Å². The maximum Gasteiger partial charge on any atom is 0.407 e. The number of rotatable bonds is 5. The van der Waals surface area contributed by atoms with Gasteiger partial charge >= 0.3 is 6.09 Å². The first-order valence-corrected chi connectivity index (χ1v) is 7.91. The van der Waals surface area contributed by atoms with Crippen molar-refractivity contribution in [2.45, 2.75) is 51.7 Å². The van der Waals surface area contributed by atoms with Gasteiger partial charge in [-0.1, -0.05) is 0 Å². The number of fused-ring (bicyclic) bond motifs is 1. The van der Waals surface area contributed by atoms with Crippen molar-refractivity contribution < 1.29 is 23.5 Å². The number of carbonyl (C=O) groups excluding carboxylic acids is 2. The second-order valence-corrected chi connectivity index (χ2v) is 6.80. The van der Waals surface area contributed by atoms with E-state index in [1.54, 1.807) is 33.9 Å². The third kappa shape index (κ3) is 4.58. The highest BCUT2D eigenvalue weighted by Gasteiger charge is 2.36. The summed E-state index contributed by atoms with van der Waals surface area (Å²) in [6, 6.07) is 1.38. The minimum Gasteiger partial charge on any atom is -0.469 e. The Bertz CT molecular complexity index is 558. The van der Waals surface area contributed by atoms with E-state index in [-0.39, 0.29) is 17.7 Å². The predicted molar refractivity (Wildman–Crippen MR) is 84.5 cm³/mol. The van der Waals surface area contributed by atoms with E-state index in [2.05, 4.69) is 5.32 Å². The molecule has 1 N–H and O–H groups in total. The molecule has 0 spiro atoms. The van der Waals surface area contributed by atoms with Gasteiger partial charge in [0.15, 0.2) is 5.78 Å². The van der Waals surface area contributed by atoms with Crippen LogP contribution in [0.25, 0.3) is 0 Å². The number of furan rings is 1. The average Bonchev–Trinajstić information content (AvgIpc) is 2.91. The van der Waals surface area contributed by atoms with Crippen LogP contribution in [-0.4, -0.2) is 37.2 Å². The molecule has 0 saturated heterocycles. The molecular weight excluding hydrogens is 298 g/mol. The molecular formula is C17H25NO5. The molecule has 6 heteroatoms. The molecule has 1 aromatic rings. The lowest BCUT2D eigenvalue weighted by Crippen LogP contribution is -2.47. The van der Waals surface area contributed by atoms with Gasteiger partial charge in [0.2, 0.25) is 0 Å². The fraction of sp³-hybridized carbons (Fsp3) is 0.647. The normalized spacial score (nSPS) is 19.1. The van der Waals surface area contributed by atoms with Gasteiger partial charge in [0.05, 0.1) is 11.8 Å². The maximum absolute atomic E-state index is 12.7. The van der Waals surface area contributed by atoms with Crippen LogP contribution in [0.1, 0.15) is 49.7 Å². The number of nitrogens with one attached hydrogen (secondary N) is 1. The molecule has 0 fully saturated rings. The van der Waals surface area contributed by atoms with Gasteiger partial charge in [0, 0.05) is 32.1 Å². The number of aryl methyl sites for hydroxylation is 1. The summed E-state index contributed by atoms with van der Waals surface area (Å²) in [6.45, 7) is 5.88. The van der Waals surface area contributed by atoms with Crippen molar-refractivity contribution in [1.82, 2.24) is 5.32 Å². The van der Waals surface area contributed by atoms with Gasteiger partial charge < -0.3 is 19.2 Å². The van der Waals surface area contributed by atoms with Crippen molar-refractivity contribution in [2.75, 3.05) is 13.7 Å². The summed E-state index contributed by atoms with van der Waals surface area (Å²) in [4.78, 5) is 24.7. The topological polar surface area (TPSA) is 77.8 Å². The third-order valence-corrected chi connectivity index (χ3v) is 3.85. The van der Waals surface area contributed by atoms with E-state index in [1.807, 2.05) is 0 Å². The van der Waals surface area contributed by atoms with Crippen LogP contribution in [0.4, 0.5) is 4.79 Å². The fourth-order valence-corrected chi connectivity index (χ4v) is 2.83. The van der Waals surface area contributed by atoms with Gasteiger partial charge in [-0.25, -0.2) is 4.79 Å². The quantitative estimate of drug-likeness (QED) is 0.901. The summed E-state index contributed by atoms with van der Waals surface area (Å²) in [5, 5.41) is 2.84. The van der Waals surface area contributed by atoms with Crippen molar-refractivity contribution in [3.63, 3.8) is 0 Å². The molecule has 1 heterocycles. The largest absolute Gasteiger partial charge is 0.469 e. The number of ether oxygens (including phenoxy) is 2. The molecule has 1 aliphatic rings. The zero-order valence-electron chi connectivity index (χ0n) is 14.2. The van der Waals surface area contributed by atoms with Gasteiger partial charge in [0.25, 0.3) is 0 Å². The van der Waals surface area contributed by atoms with E-state index in [1.165, 1.54) is 6.26 Å². The van der Waals surface area contributed by atoms with Gasteiger partial charge in [0.1, 0.15) is 11.4 Å². The van der Waals surface area contributed by atoms with Crippen LogP contribution < -0.4 is 5.32 Å². The molecule has 1 aliphatic carbocycles. The number of Topliss-reactive ketones (excluding diaryl/α,β-unsaturated/α-hetero) is 1. The Labute approximate surface area is 136 Å². The monoisotopic (exact) mass is 323 g/mol. The number of hydrogen-bond donors (Lipinski definition) is 1. The fourth-order valence-electron chi connectivity index (χ4n) is 2.83. The molecule has 0 bridgehead atoms. The third-order valence-electron chi connectivity index (χ3n) is 3.85. The van der Waals surface area contributed by atoms with E-state index in [9.17, 15) is 9.59 Å². The standard InChI is InChI=1S/C17H25NO5/c1-17(2,3)23-16(20)18-13(8-9-21-4)11-5-6-14-12(15(11)19)7-10-22-14/h7,10-11,13H,5-6,8-9H2,1-4H3,(H,18,20). The highest BCUT2D eigenvalue weighted by molar-refractivity contribution is 6.00. The molecule has 2 unspecified atom stereocenters. The molecule has 0 saturated carbocycles. The van der Waals surface area contributed by atoms with Crippen molar-refractivity contribution in [2.24, 2.45) is 5.92 Å². The van der Waals surface area contributed by atoms with E-state index in [0.29, 0.717) is 31.4 Å². The molecule has 0 aliphatic heterocycles. The van der Waals surface area contributed by atoms with Crippen LogP contribution in [0.3, 0.4) is 0 Å². The number of hydrogen-bond acceptors (Lipinski definition) is 5. The van der Waals surface area contributed by atoms with Crippen LogP contribution >= 0.6 is 0 Å². The maximum atomic E-state index is 12.7. The van der Waals surface area contributed by atoms with Crippen LogP contribution in [-0.2, 0) is 15.9 Å². The van der Waals surface area contributed by atoms with Crippen molar-refractivity contribution in [1.29, 1.82) is 0 Å². The predicted octanol–water partition coefficient (Wildman–Crippen LogP) is 2.95. The second-order valence-electron chi connectivity index (χ2n) is 6.80. The molecule has 0 radical (unpaired) electrons.